The number of rotatable bonds is 11. The van der Waals surface area contributed by atoms with Crippen molar-refractivity contribution in [3.63, 3.8) is 0 Å². The number of sulfonamides is 1. The first-order valence-electron chi connectivity index (χ1n) is 13.0. The van der Waals surface area contributed by atoms with E-state index in [1.807, 2.05) is 39.2 Å². The molecule has 1 aliphatic heterocycles. The van der Waals surface area contributed by atoms with E-state index in [9.17, 15) is 13.2 Å². The molecule has 4 rings (SSSR count). The SMILES string of the molecule is CC[C@@H](c1nnc(S[C@H](C)C(=O)Nc2ccc(S(=O)(=O)N3CCOCC3)cc2)n1Cc1ccccc1)N(C)C. The molecule has 10 nitrogen and oxygen atoms in total. The van der Waals surface area contributed by atoms with Gasteiger partial charge in [0.25, 0.3) is 0 Å². The molecule has 1 fully saturated rings. The summed E-state index contributed by atoms with van der Waals surface area (Å²) in [6.07, 6.45) is 0.873. The van der Waals surface area contributed by atoms with Crippen LogP contribution in [0.15, 0.2) is 64.6 Å². The smallest absolute Gasteiger partial charge is 0.243 e. The molecule has 1 aliphatic rings. The van der Waals surface area contributed by atoms with Crippen molar-refractivity contribution < 1.29 is 17.9 Å². The van der Waals surface area contributed by atoms with E-state index in [0.717, 1.165) is 17.8 Å². The van der Waals surface area contributed by atoms with Gasteiger partial charge < -0.3 is 14.6 Å². The van der Waals surface area contributed by atoms with Crippen LogP contribution in [-0.2, 0) is 26.1 Å². The van der Waals surface area contributed by atoms with Crippen LogP contribution < -0.4 is 5.32 Å². The molecule has 1 N–H and O–H groups in total. The Hall–Kier alpha value is -2.77. The van der Waals surface area contributed by atoms with Crippen LogP contribution in [0.2, 0.25) is 0 Å². The van der Waals surface area contributed by atoms with Crippen LogP contribution in [0.5, 0.6) is 0 Å². The van der Waals surface area contributed by atoms with Crippen molar-refractivity contribution in [2.45, 2.75) is 48.2 Å². The Labute approximate surface area is 234 Å². The van der Waals surface area contributed by atoms with Crippen molar-refractivity contribution >= 4 is 33.4 Å². The maximum atomic E-state index is 13.1. The Morgan fingerprint density at radius 1 is 1.08 bits per heavy atom. The van der Waals surface area contributed by atoms with Gasteiger partial charge in [-0.3, -0.25) is 9.69 Å². The average molecular weight is 573 g/mol. The summed E-state index contributed by atoms with van der Waals surface area (Å²) in [5, 5.41) is 12.1. The minimum atomic E-state index is -3.59. The number of amides is 1. The number of carbonyl (C=O) groups excluding carboxylic acids is 1. The van der Waals surface area contributed by atoms with E-state index in [0.29, 0.717) is 43.7 Å². The zero-order chi connectivity index (χ0) is 28.0. The molecular weight excluding hydrogens is 536 g/mol. The molecule has 12 heteroatoms. The Bertz CT molecular complexity index is 1340. The zero-order valence-corrected chi connectivity index (χ0v) is 24.4. The molecule has 1 aromatic heterocycles. The number of thioether (sulfide) groups is 1. The molecule has 210 valence electrons. The van der Waals surface area contributed by atoms with Crippen molar-refractivity contribution in [2.24, 2.45) is 0 Å². The van der Waals surface area contributed by atoms with Gasteiger partial charge in [0.15, 0.2) is 11.0 Å². The van der Waals surface area contributed by atoms with Crippen LogP contribution in [0.1, 0.15) is 37.7 Å². The first-order valence-corrected chi connectivity index (χ1v) is 15.3. The summed E-state index contributed by atoms with van der Waals surface area (Å²) < 4.78 is 34.5. The molecule has 0 aliphatic carbocycles. The number of nitrogens with zero attached hydrogens (tertiary/aromatic N) is 5. The number of benzene rings is 2. The van der Waals surface area contributed by atoms with Crippen molar-refractivity contribution in [2.75, 3.05) is 45.7 Å². The van der Waals surface area contributed by atoms with Gasteiger partial charge in [0, 0.05) is 18.8 Å². The second-order valence-corrected chi connectivity index (χ2v) is 12.8. The normalized spacial score (nSPS) is 16.2. The highest BCUT2D eigenvalue weighted by atomic mass is 32.2. The predicted octanol–water partition coefficient (Wildman–Crippen LogP) is 3.48. The van der Waals surface area contributed by atoms with Crippen LogP contribution in [0.3, 0.4) is 0 Å². The monoisotopic (exact) mass is 572 g/mol. The molecule has 0 unspecified atom stereocenters. The number of nitrogens with one attached hydrogen (secondary N) is 1. The first kappa shape index (κ1) is 29.2. The van der Waals surface area contributed by atoms with Gasteiger partial charge >= 0.3 is 0 Å². The fourth-order valence-corrected chi connectivity index (χ4v) is 6.69. The molecule has 2 heterocycles. The molecule has 0 spiro atoms. The summed E-state index contributed by atoms with van der Waals surface area (Å²) in [4.78, 5) is 15.4. The summed E-state index contributed by atoms with van der Waals surface area (Å²) in [7, 11) is 0.455. The number of hydrogen-bond acceptors (Lipinski definition) is 8. The third kappa shape index (κ3) is 7.06. The lowest BCUT2D eigenvalue weighted by molar-refractivity contribution is -0.115. The lowest BCUT2D eigenvalue weighted by Crippen LogP contribution is -2.40. The van der Waals surface area contributed by atoms with E-state index in [-0.39, 0.29) is 16.8 Å². The van der Waals surface area contributed by atoms with Gasteiger partial charge in [-0.05, 0) is 57.3 Å². The van der Waals surface area contributed by atoms with E-state index in [1.54, 1.807) is 12.1 Å². The third-order valence-electron chi connectivity index (χ3n) is 6.62. The van der Waals surface area contributed by atoms with Crippen molar-refractivity contribution in [3.05, 3.63) is 66.0 Å². The number of carbonyl (C=O) groups is 1. The van der Waals surface area contributed by atoms with Crippen LogP contribution in [-0.4, -0.2) is 83.9 Å². The fourth-order valence-electron chi connectivity index (χ4n) is 4.43. The van der Waals surface area contributed by atoms with Gasteiger partial charge in [0.1, 0.15) is 0 Å². The summed E-state index contributed by atoms with van der Waals surface area (Å²) in [6, 6.07) is 16.5. The summed E-state index contributed by atoms with van der Waals surface area (Å²) >= 11 is 1.35. The fraction of sp³-hybridized carbons (Fsp3) is 0.444. The summed E-state index contributed by atoms with van der Waals surface area (Å²) in [5.74, 6) is 0.651. The second kappa shape index (κ2) is 13.1. The maximum absolute atomic E-state index is 13.1. The quantitative estimate of drug-likeness (QED) is 0.348. The average Bonchev–Trinajstić information content (AvgIpc) is 3.31. The summed E-state index contributed by atoms with van der Waals surface area (Å²) in [5.41, 5.74) is 1.65. The van der Waals surface area contributed by atoms with Gasteiger partial charge in [-0.15, -0.1) is 10.2 Å². The Kier molecular flexibility index (Phi) is 9.78. The van der Waals surface area contributed by atoms with Gasteiger partial charge in [0.2, 0.25) is 15.9 Å². The number of hydrogen-bond donors (Lipinski definition) is 1. The largest absolute Gasteiger partial charge is 0.379 e. The lowest BCUT2D eigenvalue weighted by atomic mass is 10.2. The molecule has 2 aromatic carbocycles. The van der Waals surface area contributed by atoms with Gasteiger partial charge in [-0.25, -0.2) is 8.42 Å². The third-order valence-corrected chi connectivity index (χ3v) is 9.61. The van der Waals surface area contributed by atoms with Crippen molar-refractivity contribution in [3.8, 4) is 0 Å². The van der Waals surface area contributed by atoms with Crippen LogP contribution in [0.25, 0.3) is 0 Å². The van der Waals surface area contributed by atoms with Crippen LogP contribution in [0, 0.1) is 0 Å². The summed E-state index contributed by atoms with van der Waals surface area (Å²) in [6.45, 7) is 5.98. The highest BCUT2D eigenvalue weighted by Crippen LogP contribution is 2.29. The Balaban J connectivity index is 1.47. The number of aromatic nitrogens is 3. The minimum Gasteiger partial charge on any atom is -0.379 e. The highest BCUT2D eigenvalue weighted by molar-refractivity contribution is 8.00. The van der Waals surface area contributed by atoms with E-state index in [4.69, 9.17) is 4.74 Å². The number of ether oxygens (including phenoxy) is 1. The molecule has 1 amide bonds. The molecule has 3 aromatic rings. The molecule has 0 saturated carbocycles. The Morgan fingerprint density at radius 3 is 2.36 bits per heavy atom. The van der Waals surface area contributed by atoms with Crippen molar-refractivity contribution in [1.82, 2.24) is 24.0 Å². The zero-order valence-electron chi connectivity index (χ0n) is 22.8. The lowest BCUT2D eigenvalue weighted by Gasteiger charge is -2.26. The van der Waals surface area contributed by atoms with Gasteiger partial charge in [-0.2, -0.15) is 4.31 Å². The van der Waals surface area contributed by atoms with E-state index in [2.05, 4.69) is 44.0 Å². The standard InChI is InChI=1S/C27H36N6O4S2/c1-5-24(31(3)4)25-29-30-27(33(25)19-21-9-7-6-8-10-21)38-20(2)26(34)28-22-11-13-23(14-12-22)39(35,36)32-15-17-37-18-16-32/h6-14,20,24H,5,15-19H2,1-4H3,(H,28,34)/t20-,24+/m1/s1. The number of anilines is 1. The Morgan fingerprint density at radius 2 is 1.74 bits per heavy atom. The molecule has 39 heavy (non-hydrogen) atoms. The van der Waals surface area contributed by atoms with Gasteiger partial charge in [0.05, 0.1) is 35.9 Å². The van der Waals surface area contributed by atoms with E-state index >= 15 is 0 Å². The molecule has 0 radical (unpaired) electrons. The highest BCUT2D eigenvalue weighted by Gasteiger charge is 2.27. The molecule has 0 bridgehead atoms. The van der Waals surface area contributed by atoms with Crippen LogP contribution in [0.4, 0.5) is 5.69 Å². The van der Waals surface area contributed by atoms with E-state index < -0.39 is 15.3 Å². The maximum Gasteiger partial charge on any atom is 0.243 e. The molecule has 1 saturated heterocycles. The molecular formula is C27H36N6O4S2. The first-order chi connectivity index (χ1) is 18.7. The second-order valence-electron chi connectivity index (χ2n) is 9.59. The van der Waals surface area contributed by atoms with Crippen molar-refractivity contribution in [1.29, 1.82) is 0 Å². The minimum absolute atomic E-state index is 0.0898. The number of morpholine rings is 1. The van der Waals surface area contributed by atoms with E-state index in [1.165, 1.54) is 28.2 Å². The predicted molar refractivity (Wildman–Crippen MR) is 152 cm³/mol. The van der Waals surface area contributed by atoms with Crippen LogP contribution >= 0.6 is 11.8 Å². The van der Waals surface area contributed by atoms with Gasteiger partial charge in [-0.1, -0.05) is 49.0 Å². The topological polar surface area (TPSA) is 110 Å². The molecule has 2 atom stereocenters.